The molecular weight excluding hydrogens is 337 g/mol. The predicted octanol–water partition coefficient (Wildman–Crippen LogP) is 0.625. The molecule has 0 aromatic carbocycles. The van der Waals surface area contributed by atoms with Gasteiger partial charge in [0.2, 0.25) is 5.28 Å². The molecule has 0 amide bonds. The topological polar surface area (TPSA) is 146 Å². The minimum Gasteiger partial charge on any atom is -0.382 e. The third-order valence-corrected chi connectivity index (χ3v) is 3.46. The first kappa shape index (κ1) is 15.3. The van der Waals surface area contributed by atoms with Crippen molar-refractivity contribution in [3.63, 3.8) is 0 Å². The fraction of sp³-hybridized carbons (Fsp3) is 0.300. The summed E-state index contributed by atoms with van der Waals surface area (Å²) in [4.78, 5) is 29.5. The molecule has 0 spiro atoms. The molecule has 0 aliphatic carbocycles. The lowest BCUT2D eigenvalue weighted by atomic mass is 10.4. The van der Waals surface area contributed by atoms with E-state index in [-0.39, 0.29) is 11.1 Å². The molecule has 118 valence electrons. The predicted molar refractivity (Wildman–Crippen MR) is 75.8 cm³/mol. The minimum atomic E-state index is -4.26. The number of nitrogens with zero attached hydrogens (tertiary/aromatic N) is 4. The van der Waals surface area contributed by atoms with Crippen LogP contribution in [0.15, 0.2) is 18.5 Å². The molecule has 2 aromatic heterocycles. The molecule has 10 nitrogen and oxygen atoms in total. The summed E-state index contributed by atoms with van der Waals surface area (Å²) in [7, 11) is -4.26. The second-order valence-electron chi connectivity index (χ2n) is 4.44. The van der Waals surface area contributed by atoms with E-state index in [2.05, 4.69) is 15.0 Å². The largest absolute Gasteiger partial charge is 0.382 e. The highest BCUT2D eigenvalue weighted by Crippen LogP contribution is 2.36. The molecule has 0 bridgehead atoms. The zero-order valence-electron chi connectivity index (χ0n) is 10.9. The van der Waals surface area contributed by atoms with E-state index in [9.17, 15) is 4.57 Å². The van der Waals surface area contributed by atoms with Gasteiger partial charge >= 0.3 is 7.60 Å². The molecule has 0 radical (unpaired) electrons. The number of rotatable bonds is 4. The van der Waals surface area contributed by atoms with Crippen LogP contribution in [0.25, 0.3) is 11.2 Å². The first-order valence-electron chi connectivity index (χ1n) is 5.99. The van der Waals surface area contributed by atoms with Crippen molar-refractivity contribution in [3.8, 4) is 0 Å². The molecular formula is C10H11ClN5O5P. The summed E-state index contributed by atoms with van der Waals surface area (Å²) in [5.41, 5.74) is 6.46. The summed E-state index contributed by atoms with van der Waals surface area (Å²) in [6.07, 6.45) is 2.38. The highest BCUT2D eigenvalue weighted by molar-refractivity contribution is 7.51. The van der Waals surface area contributed by atoms with E-state index in [0.29, 0.717) is 11.2 Å². The number of anilines is 1. The second kappa shape index (κ2) is 5.58. The Balaban J connectivity index is 1.79. The maximum absolute atomic E-state index is 10.8. The summed E-state index contributed by atoms with van der Waals surface area (Å²) in [5, 5.41) is -0.0250. The van der Waals surface area contributed by atoms with Gasteiger partial charge in [-0.2, -0.15) is 9.97 Å². The summed E-state index contributed by atoms with van der Waals surface area (Å²) in [6, 6.07) is 0. The molecule has 0 fully saturated rings. The van der Waals surface area contributed by atoms with Crippen molar-refractivity contribution >= 4 is 36.2 Å². The van der Waals surface area contributed by atoms with Gasteiger partial charge in [0.15, 0.2) is 30.3 Å². The van der Waals surface area contributed by atoms with Gasteiger partial charge in [0.1, 0.15) is 5.52 Å². The lowest BCUT2D eigenvalue weighted by molar-refractivity contribution is -0.125. The Labute approximate surface area is 128 Å². The lowest BCUT2D eigenvalue weighted by Gasteiger charge is -2.16. The van der Waals surface area contributed by atoms with E-state index >= 15 is 0 Å². The first-order valence-corrected chi connectivity index (χ1v) is 8.16. The van der Waals surface area contributed by atoms with Crippen LogP contribution >= 0.6 is 19.2 Å². The summed E-state index contributed by atoms with van der Waals surface area (Å²) in [6.45, 7) is 0. The van der Waals surface area contributed by atoms with Gasteiger partial charge in [-0.05, 0) is 23.8 Å². The van der Waals surface area contributed by atoms with Crippen LogP contribution in [0, 0.1) is 0 Å². The normalized spacial score (nSPS) is 21.8. The smallest absolute Gasteiger partial charge is 0.351 e. The number of ether oxygens (including phenoxy) is 2. The zero-order chi connectivity index (χ0) is 15.9. The SMILES string of the molecule is Nc1nc(Cl)nc2c1ncn2[C@H]1C=C[C@@H](OCP(=O)(O)O)O1. The van der Waals surface area contributed by atoms with Crippen molar-refractivity contribution in [1.82, 2.24) is 19.5 Å². The Bertz CT molecular complexity index is 789. The van der Waals surface area contributed by atoms with Gasteiger partial charge in [-0.1, -0.05) is 0 Å². The van der Waals surface area contributed by atoms with Crippen LogP contribution in [0.3, 0.4) is 0 Å². The van der Waals surface area contributed by atoms with E-state index in [1.807, 2.05) is 0 Å². The van der Waals surface area contributed by atoms with E-state index in [1.54, 1.807) is 10.6 Å². The van der Waals surface area contributed by atoms with Crippen LogP contribution in [0.5, 0.6) is 0 Å². The number of hydrogen-bond acceptors (Lipinski definition) is 7. The number of nitrogen functional groups attached to an aromatic ring is 1. The maximum atomic E-state index is 10.8. The number of hydrogen-bond donors (Lipinski definition) is 3. The van der Waals surface area contributed by atoms with Gasteiger partial charge in [-0.3, -0.25) is 9.13 Å². The quantitative estimate of drug-likeness (QED) is 0.411. The van der Waals surface area contributed by atoms with Gasteiger partial charge in [0, 0.05) is 0 Å². The molecule has 3 heterocycles. The molecule has 4 N–H and O–H groups in total. The Morgan fingerprint density at radius 3 is 2.95 bits per heavy atom. The molecule has 22 heavy (non-hydrogen) atoms. The lowest BCUT2D eigenvalue weighted by Crippen LogP contribution is -2.16. The van der Waals surface area contributed by atoms with Gasteiger partial charge < -0.3 is 25.0 Å². The Kier molecular flexibility index (Phi) is 3.89. The van der Waals surface area contributed by atoms with Crippen LogP contribution in [-0.2, 0) is 14.0 Å². The van der Waals surface area contributed by atoms with Crippen molar-refractivity contribution in [2.75, 3.05) is 12.1 Å². The van der Waals surface area contributed by atoms with Crippen LogP contribution in [0.4, 0.5) is 5.82 Å². The third-order valence-electron chi connectivity index (χ3n) is 2.81. The van der Waals surface area contributed by atoms with Crippen LogP contribution in [-0.4, -0.2) is 41.9 Å². The molecule has 0 saturated heterocycles. The number of halogens is 1. The number of imidazole rings is 1. The number of aromatic nitrogens is 4. The average molecular weight is 348 g/mol. The highest BCUT2D eigenvalue weighted by Gasteiger charge is 2.26. The molecule has 0 unspecified atom stereocenters. The third kappa shape index (κ3) is 3.12. The second-order valence-corrected chi connectivity index (χ2v) is 6.37. The highest BCUT2D eigenvalue weighted by atomic mass is 35.5. The van der Waals surface area contributed by atoms with Crippen molar-refractivity contribution in [2.45, 2.75) is 12.5 Å². The Hall–Kier alpha value is -1.55. The number of nitrogens with two attached hydrogens (primary N) is 1. The van der Waals surface area contributed by atoms with E-state index < -0.39 is 26.5 Å². The Morgan fingerprint density at radius 2 is 2.23 bits per heavy atom. The van der Waals surface area contributed by atoms with E-state index in [4.69, 9.17) is 36.6 Å². The summed E-state index contributed by atoms with van der Waals surface area (Å²) >= 11 is 5.77. The van der Waals surface area contributed by atoms with Gasteiger partial charge in [0.25, 0.3) is 0 Å². The first-order chi connectivity index (χ1) is 10.3. The summed E-state index contributed by atoms with van der Waals surface area (Å²) in [5.74, 6) is 0.144. The summed E-state index contributed by atoms with van der Waals surface area (Å²) < 4.78 is 22.8. The fourth-order valence-electron chi connectivity index (χ4n) is 1.93. The molecule has 1 aliphatic rings. The molecule has 2 atom stereocenters. The molecule has 12 heteroatoms. The standard InChI is InChI=1S/C10H11ClN5O5P/c11-10-14-8(12)7-9(15-10)16(3-13-7)5-1-2-6(21-5)20-4-22(17,18)19/h1-3,5-6H,4H2,(H2,12,14,15)(H2,17,18,19)/t5-,6+/m1/s1. The van der Waals surface area contributed by atoms with Crippen molar-refractivity contribution in [1.29, 1.82) is 0 Å². The van der Waals surface area contributed by atoms with Gasteiger partial charge in [-0.15, -0.1) is 0 Å². The van der Waals surface area contributed by atoms with Crippen molar-refractivity contribution in [2.24, 2.45) is 0 Å². The van der Waals surface area contributed by atoms with Crippen LogP contribution in [0.2, 0.25) is 5.28 Å². The Morgan fingerprint density at radius 1 is 1.45 bits per heavy atom. The van der Waals surface area contributed by atoms with Gasteiger partial charge in [0.05, 0.1) is 6.33 Å². The van der Waals surface area contributed by atoms with Crippen molar-refractivity contribution in [3.05, 3.63) is 23.8 Å². The van der Waals surface area contributed by atoms with E-state index in [1.165, 1.54) is 12.4 Å². The van der Waals surface area contributed by atoms with Crippen LogP contribution in [0.1, 0.15) is 6.23 Å². The van der Waals surface area contributed by atoms with Crippen molar-refractivity contribution < 1.29 is 23.8 Å². The monoisotopic (exact) mass is 347 g/mol. The van der Waals surface area contributed by atoms with Crippen LogP contribution < -0.4 is 5.73 Å². The molecule has 2 aromatic rings. The average Bonchev–Trinajstić information content (AvgIpc) is 3.01. The zero-order valence-corrected chi connectivity index (χ0v) is 12.6. The fourth-order valence-corrected chi connectivity index (χ4v) is 2.45. The number of fused-ring (bicyclic) bond motifs is 1. The maximum Gasteiger partial charge on any atom is 0.351 e. The van der Waals surface area contributed by atoms with Gasteiger partial charge in [-0.25, -0.2) is 4.98 Å². The molecule has 3 rings (SSSR count). The molecule has 0 saturated carbocycles. The minimum absolute atomic E-state index is 0.0250. The van der Waals surface area contributed by atoms with E-state index in [0.717, 1.165) is 0 Å². The molecule has 1 aliphatic heterocycles.